The van der Waals surface area contributed by atoms with Gasteiger partial charge in [-0.05, 0) is 42.3 Å². The van der Waals surface area contributed by atoms with Crippen LogP contribution in [-0.2, 0) is 4.79 Å². The van der Waals surface area contributed by atoms with Gasteiger partial charge in [0.15, 0.2) is 0 Å². The number of amides is 3. The van der Waals surface area contributed by atoms with E-state index < -0.39 is 0 Å². The summed E-state index contributed by atoms with van der Waals surface area (Å²) in [6.45, 7) is 1.12. The molecule has 0 saturated carbocycles. The van der Waals surface area contributed by atoms with E-state index in [1.54, 1.807) is 36.0 Å². The summed E-state index contributed by atoms with van der Waals surface area (Å²) >= 11 is 0. The first-order valence-electron chi connectivity index (χ1n) is 10.6. The second-order valence-corrected chi connectivity index (χ2v) is 8.64. The number of urea groups is 1. The number of nitrogens with zero attached hydrogens (tertiary/aromatic N) is 2. The minimum atomic E-state index is -0.377. The smallest absolute Gasteiger partial charge is 0.321 e. The van der Waals surface area contributed by atoms with Gasteiger partial charge in [-0.15, -0.1) is 0 Å². The van der Waals surface area contributed by atoms with Gasteiger partial charge in [0.1, 0.15) is 17.2 Å². The highest BCUT2D eigenvalue weighted by atomic mass is 19.1. The molecule has 0 aromatic heterocycles. The number of ether oxygens (including phenoxy) is 1. The predicted molar refractivity (Wildman–Crippen MR) is 117 cm³/mol. The van der Waals surface area contributed by atoms with Crippen molar-refractivity contribution in [2.45, 2.75) is 37.2 Å². The van der Waals surface area contributed by atoms with Crippen molar-refractivity contribution in [1.29, 1.82) is 0 Å². The number of carbonyl (C=O) groups is 2. The molecule has 1 atom stereocenters. The molecule has 7 heteroatoms. The van der Waals surface area contributed by atoms with E-state index in [0.29, 0.717) is 38.0 Å². The van der Waals surface area contributed by atoms with E-state index >= 15 is 0 Å². The second kappa shape index (κ2) is 8.57. The van der Waals surface area contributed by atoms with Crippen LogP contribution in [0.3, 0.4) is 0 Å². The molecule has 2 aromatic rings. The van der Waals surface area contributed by atoms with E-state index in [1.165, 1.54) is 12.1 Å². The topological polar surface area (TPSA) is 61.9 Å². The van der Waals surface area contributed by atoms with E-state index in [-0.39, 0.29) is 29.3 Å². The van der Waals surface area contributed by atoms with Gasteiger partial charge in [-0.25, -0.2) is 9.18 Å². The van der Waals surface area contributed by atoms with E-state index in [1.807, 2.05) is 24.3 Å². The van der Waals surface area contributed by atoms with Crippen LogP contribution >= 0.6 is 0 Å². The molecule has 2 aromatic carbocycles. The van der Waals surface area contributed by atoms with Gasteiger partial charge < -0.3 is 19.9 Å². The Morgan fingerprint density at radius 2 is 1.81 bits per heavy atom. The number of hydrogen-bond acceptors (Lipinski definition) is 3. The lowest BCUT2D eigenvalue weighted by Gasteiger charge is -2.47. The molecular formula is C24H28FN3O3. The van der Waals surface area contributed by atoms with Crippen LogP contribution in [0.25, 0.3) is 0 Å². The Hall–Kier alpha value is -3.09. The zero-order valence-corrected chi connectivity index (χ0v) is 17.9. The lowest BCUT2D eigenvalue weighted by molar-refractivity contribution is -0.129. The van der Waals surface area contributed by atoms with Crippen molar-refractivity contribution < 1.29 is 18.7 Å². The van der Waals surface area contributed by atoms with Crippen LogP contribution in [0, 0.1) is 5.82 Å². The van der Waals surface area contributed by atoms with Gasteiger partial charge in [0.2, 0.25) is 5.91 Å². The monoisotopic (exact) mass is 425 g/mol. The summed E-state index contributed by atoms with van der Waals surface area (Å²) in [6.07, 6.45) is 2.61. The van der Waals surface area contributed by atoms with Crippen LogP contribution in [-0.4, -0.2) is 54.5 Å². The number of nitrogens with one attached hydrogen (secondary N) is 1. The molecule has 4 rings (SSSR count). The normalized spacial score (nSPS) is 19.3. The summed E-state index contributed by atoms with van der Waals surface area (Å²) in [7, 11) is 3.56. The van der Waals surface area contributed by atoms with E-state index in [9.17, 15) is 14.0 Å². The highest BCUT2D eigenvalue weighted by Crippen LogP contribution is 2.46. The maximum absolute atomic E-state index is 13.1. The summed E-state index contributed by atoms with van der Waals surface area (Å²) < 4.78 is 19.5. The molecule has 0 unspecified atom stereocenters. The van der Waals surface area contributed by atoms with Gasteiger partial charge in [0.05, 0.1) is 0 Å². The van der Waals surface area contributed by atoms with Crippen LogP contribution in [0.5, 0.6) is 5.75 Å². The highest BCUT2D eigenvalue weighted by molar-refractivity contribution is 5.89. The average Bonchev–Trinajstić information content (AvgIpc) is 2.75. The van der Waals surface area contributed by atoms with Crippen molar-refractivity contribution >= 4 is 17.6 Å². The molecule has 0 aliphatic carbocycles. The number of halogens is 1. The molecule has 2 aliphatic rings. The minimum absolute atomic E-state index is 0.0967. The molecule has 6 nitrogen and oxygen atoms in total. The van der Waals surface area contributed by atoms with Gasteiger partial charge in [0, 0.05) is 58.1 Å². The zero-order valence-electron chi connectivity index (χ0n) is 17.9. The zero-order chi connectivity index (χ0) is 22.0. The molecule has 1 fully saturated rings. The van der Waals surface area contributed by atoms with Gasteiger partial charge in [0.25, 0.3) is 0 Å². The number of rotatable bonds is 3. The van der Waals surface area contributed by atoms with E-state index in [0.717, 1.165) is 17.7 Å². The fraction of sp³-hybridized carbons (Fsp3) is 0.417. The van der Waals surface area contributed by atoms with Crippen LogP contribution in [0.4, 0.5) is 14.9 Å². The molecule has 31 heavy (non-hydrogen) atoms. The van der Waals surface area contributed by atoms with Crippen molar-refractivity contribution in [1.82, 2.24) is 9.80 Å². The summed E-state index contributed by atoms with van der Waals surface area (Å²) in [6, 6.07) is 13.5. The molecule has 2 heterocycles. The standard InChI is InChI=1S/C24H28FN3O3/c1-27(2)22(29)15-17-16-24(31-21-6-4-3-5-20(17)21)11-13-28(14-12-24)23(30)26-19-9-7-18(25)8-10-19/h3-10,17H,11-16H2,1-2H3,(H,26,30)/t17-/m0/s1. The number of hydrogen-bond donors (Lipinski definition) is 1. The van der Waals surface area contributed by atoms with Crippen molar-refractivity contribution in [2.75, 3.05) is 32.5 Å². The highest BCUT2D eigenvalue weighted by Gasteiger charge is 2.44. The molecule has 164 valence electrons. The Balaban J connectivity index is 1.44. The molecular weight excluding hydrogens is 397 g/mol. The first-order valence-corrected chi connectivity index (χ1v) is 10.6. The molecule has 0 bridgehead atoms. The number of benzene rings is 2. The van der Waals surface area contributed by atoms with Gasteiger partial charge >= 0.3 is 6.03 Å². The van der Waals surface area contributed by atoms with Crippen LogP contribution in [0.15, 0.2) is 48.5 Å². The largest absolute Gasteiger partial charge is 0.487 e. The van der Waals surface area contributed by atoms with Gasteiger partial charge in [-0.2, -0.15) is 0 Å². The number of likely N-dealkylation sites (tertiary alicyclic amines) is 1. The second-order valence-electron chi connectivity index (χ2n) is 8.64. The molecule has 0 radical (unpaired) electrons. The minimum Gasteiger partial charge on any atom is -0.487 e. The number of para-hydroxylation sites is 1. The average molecular weight is 426 g/mol. The van der Waals surface area contributed by atoms with Crippen LogP contribution in [0.2, 0.25) is 0 Å². The molecule has 3 amide bonds. The number of carbonyl (C=O) groups excluding carboxylic acids is 2. The Morgan fingerprint density at radius 1 is 1.13 bits per heavy atom. The third kappa shape index (κ3) is 4.65. The Morgan fingerprint density at radius 3 is 2.48 bits per heavy atom. The number of piperidine rings is 1. The summed E-state index contributed by atoms with van der Waals surface area (Å²) in [4.78, 5) is 28.5. The predicted octanol–water partition coefficient (Wildman–Crippen LogP) is 4.24. The SMILES string of the molecule is CN(C)C(=O)C[C@H]1CC2(CCN(C(=O)Nc3ccc(F)cc3)CC2)Oc2ccccc21. The first kappa shape index (κ1) is 21.2. The Bertz CT molecular complexity index is 953. The molecule has 2 aliphatic heterocycles. The fourth-order valence-electron chi connectivity index (χ4n) is 4.48. The summed E-state index contributed by atoms with van der Waals surface area (Å²) in [5.74, 6) is 0.705. The molecule has 1 spiro atoms. The maximum Gasteiger partial charge on any atom is 0.321 e. The first-order chi connectivity index (χ1) is 14.8. The lowest BCUT2D eigenvalue weighted by atomic mass is 9.76. The molecule has 1 N–H and O–H groups in total. The van der Waals surface area contributed by atoms with Crippen LogP contribution < -0.4 is 10.1 Å². The van der Waals surface area contributed by atoms with Gasteiger partial charge in [-0.3, -0.25) is 4.79 Å². The quantitative estimate of drug-likeness (QED) is 0.800. The Kier molecular flexibility index (Phi) is 5.85. The summed E-state index contributed by atoms with van der Waals surface area (Å²) in [5, 5.41) is 2.82. The van der Waals surface area contributed by atoms with Crippen molar-refractivity contribution in [3.05, 3.63) is 59.9 Å². The lowest BCUT2D eigenvalue weighted by Crippen LogP contribution is -2.52. The fourth-order valence-corrected chi connectivity index (χ4v) is 4.48. The van der Waals surface area contributed by atoms with E-state index in [4.69, 9.17) is 4.74 Å². The van der Waals surface area contributed by atoms with Gasteiger partial charge in [-0.1, -0.05) is 18.2 Å². The third-order valence-corrected chi connectivity index (χ3v) is 6.28. The summed E-state index contributed by atoms with van der Waals surface area (Å²) in [5.41, 5.74) is 1.27. The van der Waals surface area contributed by atoms with Crippen molar-refractivity contribution in [3.8, 4) is 5.75 Å². The van der Waals surface area contributed by atoms with Crippen LogP contribution in [0.1, 0.15) is 37.2 Å². The maximum atomic E-state index is 13.1. The third-order valence-electron chi connectivity index (χ3n) is 6.28. The molecule has 1 saturated heterocycles. The Labute approximate surface area is 182 Å². The van der Waals surface area contributed by atoms with Crippen molar-refractivity contribution in [3.63, 3.8) is 0 Å². The van der Waals surface area contributed by atoms with E-state index in [2.05, 4.69) is 5.32 Å². The van der Waals surface area contributed by atoms with Crippen molar-refractivity contribution in [2.24, 2.45) is 0 Å². The number of fused-ring (bicyclic) bond motifs is 1. The number of anilines is 1.